The number of aromatic nitrogens is 2. The zero-order valence-electron chi connectivity index (χ0n) is 25.9. The fourth-order valence-corrected chi connectivity index (χ4v) is 6.76. The van der Waals surface area contributed by atoms with E-state index in [4.69, 9.17) is 10.7 Å². The zero-order valence-corrected chi connectivity index (χ0v) is 26.7. The van der Waals surface area contributed by atoms with Crippen LogP contribution in [0.3, 0.4) is 0 Å². The van der Waals surface area contributed by atoms with Crippen LogP contribution >= 0.6 is 0 Å². The predicted octanol–water partition coefficient (Wildman–Crippen LogP) is 4.76. The van der Waals surface area contributed by atoms with Crippen molar-refractivity contribution in [3.05, 3.63) is 78.2 Å². The van der Waals surface area contributed by atoms with Crippen LogP contribution < -0.4 is 5.73 Å². The number of nitrogens with zero attached hydrogens (tertiary/aromatic N) is 5. The third kappa shape index (κ3) is 7.63. The van der Waals surface area contributed by atoms with Gasteiger partial charge in [0.1, 0.15) is 12.0 Å². The number of carbonyl (C=O) groups is 1. The average molecular weight is 613 g/mol. The Morgan fingerprint density at radius 3 is 2.12 bits per heavy atom. The first-order valence-corrected chi connectivity index (χ1v) is 16.4. The van der Waals surface area contributed by atoms with Gasteiger partial charge in [0.05, 0.1) is 23.5 Å². The Morgan fingerprint density at radius 2 is 1.58 bits per heavy atom. The average Bonchev–Trinajstić information content (AvgIpc) is 3.39. The molecule has 43 heavy (non-hydrogen) atoms. The Balaban J connectivity index is 1.76. The van der Waals surface area contributed by atoms with Crippen molar-refractivity contribution < 1.29 is 17.6 Å². The second-order valence-electron chi connectivity index (χ2n) is 12.5. The lowest BCUT2D eigenvalue weighted by molar-refractivity contribution is 0.0615. The summed E-state index contributed by atoms with van der Waals surface area (Å²) in [6.45, 7) is 10.3. The van der Waals surface area contributed by atoms with Gasteiger partial charge in [-0.3, -0.25) is 0 Å². The summed E-state index contributed by atoms with van der Waals surface area (Å²) < 4.78 is 44.1. The van der Waals surface area contributed by atoms with Gasteiger partial charge in [-0.15, -0.1) is 0 Å². The number of urea groups is 1. The van der Waals surface area contributed by atoms with E-state index in [-0.39, 0.29) is 45.3 Å². The molecule has 0 saturated carbocycles. The molecule has 3 aromatic rings. The summed E-state index contributed by atoms with van der Waals surface area (Å²) in [5.41, 5.74) is 7.96. The fourth-order valence-electron chi connectivity index (χ4n) is 5.49. The molecule has 1 aliphatic heterocycles. The molecule has 0 radical (unpaired) electrons. The van der Waals surface area contributed by atoms with E-state index in [9.17, 15) is 13.2 Å². The number of piperazine rings is 1. The van der Waals surface area contributed by atoms with Crippen LogP contribution in [0.1, 0.15) is 52.0 Å². The van der Waals surface area contributed by atoms with Crippen molar-refractivity contribution in [1.29, 1.82) is 0 Å². The van der Waals surface area contributed by atoms with Crippen LogP contribution in [-0.2, 0) is 16.6 Å². The summed E-state index contributed by atoms with van der Waals surface area (Å²) in [4.78, 5) is 22.6. The third-order valence-corrected chi connectivity index (χ3v) is 10.1. The van der Waals surface area contributed by atoms with Gasteiger partial charge >= 0.3 is 6.03 Å². The second kappa shape index (κ2) is 13.6. The maximum absolute atomic E-state index is 15.1. The van der Waals surface area contributed by atoms with Crippen LogP contribution in [0.15, 0.2) is 66.9 Å². The molecule has 0 bridgehead atoms. The van der Waals surface area contributed by atoms with Gasteiger partial charge in [-0.2, -0.15) is 4.31 Å². The molecular weight excluding hydrogens is 567 g/mol. The maximum Gasteiger partial charge on any atom is 0.320 e. The molecule has 2 heterocycles. The molecular formula is C32H45FN6O3S. The number of halogens is 1. The fraction of sp³-hybridized carbons (Fsp3) is 0.500. The van der Waals surface area contributed by atoms with Gasteiger partial charge in [-0.1, -0.05) is 81.4 Å². The Kier molecular flexibility index (Phi) is 10.3. The number of amides is 2. The van der Waals surface area contributed by atoms with Crippen molar-refractivity contribution in [2.24, 2.45) is 11.1 Å². The van der Waals surface area contributed by atoms with Gasteiger partial charge < -0.3 is 20.1 Å². The van der Waals surface area contributed by atoms with Gasteiger partial charge in [0, 0.05) is 51.0 Å². The molecule has 234 valence electrons. The second-order valence-corrected chi connectivity index (χ2v) is 15.0. The number of hydrogen-bond donors (Lipinski definition) is 1. The van der Waals surface area contributed by atoms with Crippen LogP contribution in [0.4, 0.5) is 9.18 Å². The number of alkyl halides is 1. The number of imidazole rings is 1. The summed E-state index contributed by atoms with van der Waals surface area (Å²) in [6.07, 6.45) is 0.548. The van der Waals surface area contributed by atoms with E-state index < -0.39 is 32.9 Å². The highest BCUT2D eigenvalue weighted by Crippen LogP contribution is 2.40. The van der Waals surface area contributed by atoms with E-state index in [0.29, 0.717) is 12.4 Å². The predicted molar refractivity (Wildman–Crippen MR) is 169 cm³/mol. The Labute approximate surface area is 255 Å². The molecule has 4 rings (SSSR count). The van der Waals surface area contributed by atoms with Gasteiger partial charge in [-0.05, 0) is 24.8 Å². The van der Waals surface area contributed by atoms with Gasteiger partial charge in [0.15, 0.2) is 0 Å². The van der Waals surface area contributed by atoms with Gasteiger partial charge in [0.25, 0.3) is 0 Å². The molecule has 0 spiro atoms. The Morgan fingerprint density at radius 1 is 1.00 bits per heavy atom. The van der Waals surface area contributed by atoms with Crippen LogP contribution in [0.2, 0.25) is 0 Å². The summed E-state index contributed by atoms with van der Waals surface area (Å²) >= 11 is 0. The summed E-state index contributed by atoms with van der Waals surface area (Å²) in [5.74, 6) is 0.647. The highest BCUT2D eigenvalue weighted by molar-refractivity contribution is 7.89. The Bertz CT molecular complexity index is 1450. The maximum atomic E-state index is 15.1. The molecule has 1 saturated heterocycles. The highest BCUT2D eigenvalue weighted by atomic mass is 32.2. The quantitative estimate of drug-likeness (QED) is 0.356. The lowest BCUT2D eigenvalue weighted by Crippen LogP contribution is -2.57. The van der Waals surface area contributed by atoms with E-state index in [2.05, 4.69) is 4.57 Å². The van der Waals surface area contributed by atoms with E-state index >= 15 is 4.39 Å². The SMILES string of the molecule is CC(C)S(=O)(=O)N1CCN(C(=O)N(CC(F)CN)[C@@H](c2nc(-c3ccccc3)cn2Cc2ccccc2)C(C)(C)C)CC1. The first-order valence-electron chi connectivity index (χ1n) is 14.9. The number of nitrogens with two attached hydrogens (primary N) is 1. The molecule has 1 aromatic heterocycles. The third-order valence-electron chi connectivity index (χ3n) is 7.81. The molecule has 0 aliphatic carbocycles. The minimum atomic E-state index is -3.44. The van der Waals surface area contributed by atoms with Crippen molar-refractivity contribution in [3.8, 4) is 11.3 Å². The van der Waals surface area contributed by atoms with E-state index in [1.165, 1.54) is 4.31 Å². The molecule has 1 fully saturated rings. The van der Waals surface area contributed by atoms with E-state index in [1.807, 2.05) is 87.6 Å². The van der Waals surface area contributed by atoms with Crippen molar-refractivity contribution >= 4 is 16.1 Å². The number of carbonyl (C=O) groups excluding carboxylic acids is 1. The smallest absolute Gasteiger partial charge is 0.320 e. The van der Waals surface area contributed by atoms with Crippen LogP contribution in [-0.4, -0.2) is 88.8 Å². The van der Waals surface area contributed by atoms with E-state index in [1.54, 1.807) is 23.6 Å². The van der Waals surface area contributed by atoms with Crippen LogP contribution in [0.5, 0.6) is 0 Å². The van der Waals surface area contributed by atoms with Crippen LogP contribution in [0, 0.1) is 5.41 Å². The highest BCUT2D eigenvalue weighted by Gasteiger charge is 2.42. The molecule has 2 atom stereocenters. The molecule has 11 heteroatoms. The molecule has 2 amide bonds. The lowest BCUT2D eigenvalue weighted by atomic mass is 9.84. The molecule has 9 nitrogen and oxygen atoms in total. The summed E-state index contributed by atoms with van der Waals surface area (Å²) in [6, 6.07) is 18.9. The molecule has 2 aromatic carbocycles. The molecule has 2 N–H and O–H groups in total. The lowest BCUT2D eigenvalue weighted by Gasteiger charge is -2.44. The normalized spacial score (nSPS) is 16.3. The van der Waals surface area contributed by atoms with Crippen LogP contribution in [0.25, 0.3) is 11.3 Å². The first kappa shape index (κ1) is 32.6. The minimum Gasteiger partial charge on any atom is -0.328 e. The number of hydrogen-bond acceptors (Lipinski definition) is 5. The summed E-state index contributed by atoms with van der Waals surface area (Å²) in [7, 11) is -3.44. The topological polar surface area (TPSA) is 105 Å². The monoisotopic (exact) mass is 612 g/mol. The van der Waals surface area contributed by atoms with Gasteiger partial charge in [0.2, 0.25) is 10.0 Å². The van der Waals surface area contributed by atoms with Gasteiger partial charge in [-0.25, -0.2) is 22.6 Å². The largest absolute Gasteiger partial charge is 0.328 e. The van der Waals surface area contributed by atoms with E-state index in [0.717, 1.165) is 16.8 Å². The Hall–Kier alpha value is -3.28. The standard InChI is InChI=1S/C32H45FN6O3S/c1-24(2)43(41,42)38-18-16-36(17-19-38)31(40)39(22-27(33)20-34)29(32(3,4)5)30-35-28(26-14-10-7-11-15-26)23-37(30)21-25-12-8-6-9-13-25/h6-15,23-24,27,29H,16-22,34H2,1-5H3/t27?,29-/m0/s1. The van der Waals surface area contributed by atoms with Crippen molar-refractivity contribution in [1.82, 2.24) is 23.7 Å². The number of rotatable bonds is 10. The van der Waals surface area contributed by atoms with Crippen molar-refractivity contribution in [2.45, 2.75) is 58.6 Å². The zero-order chi connectivity index (χ0) is 31.4. The van der Waals surface area contributed by atoms with Crippen molar-refractivity contribution in [3.63, 3.8) is 0 Å². The molecule has 1 unspecified atom stereocenters. The number of benzene rings is 2. The summed E-state index contributed by atoms with van der Waals surface area (Å²) in [5, 5.41) is -0.546. The number of sulfonamides is 1. The van der Waals surface area contributed by atoms with Crippen molar-refractivity contribution in [2.75, 3.05) is 39.3 Å². The first-order chi connectivity index (χ1) is 20.3. The minimum absolute atomic E-state index is 0.191. The molecule has 1 aliphatic rings.